The van der Waals surface area contributed by atoms with Crippen LogP contribution in [0.5, 0.6) is 5.75 Å². The van der Waals surface area contributed by atoms with E-state index in [-0.39, 0.29) is 18.1 Å². The number of nitrogens with zero attached hydrogens (tertiary/aromatic N) is 1. The van der Waals surface area contributed by atoms with Crippen LogP contribution in [0.25, 0.3) is 0 Å². The van der Waals surface area contributed by atoms with Gasteiger partial charge >= 0.3 is 0 Å². The number of likely N-dealkylation sites (tertiary alicyclic amines) is 1. The maximum absolute atomic E-state index is 12.4. The van der Waals surface area contributed by atoms with E-state index in [2.05, 4.69) is 15.9 Å². The Kier molecular flexibility index (Phi) is 4.47. The summed E-state index contributed by atoms with van der Waals surface area (Å²) < 4.78 is 6.49. The molecule has 0 bridgehead atoms. The van der Waals surface area contributed by atoms with Crippen LogP contribution in [0.4, 0.5) is 0 Å². The predicted octanol–water partition coefficient (Wildman–Crippen LogP) is 2.41. The number of hydrogen-bond acceptors (Lipinski definition) is 3. The van der Waals surface area contributed by atoms with Gasteiger partial charge in [-0.05, 0) is 38.5 Å². The van der Waals surface area contributed by atoms with Crippen molar-refractivity contribution in [3.8, 4) is 5.75 Å². The molecule has 4 nitrogen and oxygen atoms in total. The fourth-order valence-electron chi connectivity index (χ4n) is 2.18. The lowest BCUT2D eigenvalue weighted by molar-refractivity contribution is 0.0790. The summed E-state index contributed by atoms with van der Waals surface area (Å²) >= 11 is 3.42. The number of rotatable bonds is 3. The molecule has 1 aliphatic rings. The third-order valence-electron chi connectivity index (χ3n) is 3.00. The molecular formula is C14H19BrN2O2. The minimum absolute atomic E-state index is 0.0165. The van der Waals surface area contributed by atoms with Crippen LogP contribution in [0, 0.1) is 0 Å². The molecule has 19 heavy (non-hydrogen) atoms. The molecule has 0 spiro atoms. The Hall–Kier alpha value is -1.07. The van der Waals surface area contributed by atoms with Gasteiger partial charge in [0.1, 0.15) is 5.75 Å². The second-order valence-electron chi connectivity index (χ2n) is 5.14. The second kappa shape index (κ2) is 5.92. The van der Waals surface area contributed by atoms with Crippen molar-refractivity contribution in [3.63, 3.8) is 0 Å². The number of benzene rings is 1. The molecule has 1 aromatic carbocycles. The predicted molar refractivity (Wildman–Crippen MR) is 78.4 cm³/mol. The third-order valence-corrected chi connectivity index (χ3v) is 3.46. The van der Waals surface area contributed by atoms with Gasteiger partial charge < -0.3 is 15.4 Å². The van der Waals surface area contributed by atoms with Gasteiger partial charge in [0, 0.05) is 29.2 Å². The summed E-state index contributed by atoms with van der Waals surface area (Å²) in [5, 5.41) is 0. The highest BCUT2D eigenvalue weighted by molar-refractivity contribution is 9.10. The molecule has 2 rings (SSSR count). The Morgan fingerprint density at radius 2 is 2.21 bits per heavy atom. The first-order valence-electron chi connectivity index (χ1n) is 6.48. The van der Waals surface area contributed by atoms with Crippen LogP contribution in [0.2, 0.25) is 0 Å². The minimum Gasteiger partial charge on any atom is -0.491 e. The zero-order valence-electron chi connectivity index (χ0n) is 11.2. The summed E-state index contributed by atoms with van der Waals surface area (Å²) in [5.74, 6) is 0.721. The molecule has 1 aliphatic heterocycles. The van der Waals surface area contributed by atoms with Crippen molar-refractivity contribution in [2.24, 2.45) is 5.73 Å². The van der Waals surface area contributed by atoms with Crippen LogP contribution in [0.1, 0.15) is 30.6 Å². The average Bonchev–Trinajstić information content (AvgIpc) is 2.73. The number of ether oxygens (including phenoxy) is 1. The van der Waals surface area contributed by atoms with Gasteiger partial charge in [-0.1, -0.05) is 15.9 Å². The number of nitrogens with two attached hydrogens (primary N) is 1. The van der Waals surface area contributed by atoms with Crippen molar-refractivity contribution < 1.29 is 9.53 Å². The maximum Gasteiger partial charge on any atom is 0.254 e. The normalized spacial score (nSPS) is 19.0. The lowest BCUT2D eigenvalue weighted by Crippen LogP contribution is -2.31. The highest BCUT2D eigenvalue weighted by Gasteiger charge is 2.25. The Labute approximate surface area is 122 Å². The largest absolute Gasteiger partial charge is 0.491 e. The van der Waals surface area contributed by atoms with Crippen LogP contribution in [-0.4, -0.2) is 36.0 Å². The topological polar surface area (TPSA) is 55.6 Å². The van der Waals surface area contributed by atoms with Crippen molar-refractivity contribution in [1.29, 1.82) is 0 Å². The zero-order chi connectivity index (χ0) is 14.0. The van der Waals surface area contributed by atoms with E-state index in [0.29, 0.717) is 17.9 Å². The number of amides is 1. The molecule has 1 heterocycles. The molecule has 1 aromatic rings. The highest BCUT2D eigenvalue weighted by Crippen LogP contribution is 2.24. The van der Waals surface area contributed by atoms with E-state index in [4.69, 9.17) is 10.5 Å². The van der Waals surface area contributed by atoms with Crippen molar-refractivity contribution in [3.05, 3.63) is 28.2 Å². The average molecular weight is 327 g/mol. The van der Waals surface area contributed by atoms with E-state index >= 15 is 0 Å². The zero-order valence-corrected chi connectivity index (χ0v) is 12.8. The van der Waals surface area contributed by atoms with E-state index in [1.807, 2.05) is 26.0 Å². The van der Waals surface area contributed by atoms with Gasteiger partial charge in [0.25, 0.3) is 5.91 Å². The van der Waals surface area contributed by atoms with Gasteiger partial charge in [0.05, 0.1) is 6.10 Å². The van der Waals surface area contributed by atoms with Gasteiger partial charge in [-0.25, -0.2) is 0 Å². The lowest BCUT2D eigenvalue weighted by atomic mass is 10.2. The first kappa shape index (κ1) is 14.3. The fraction of sp³-hybridized carbons (Fsp3) is 0.500. The van der Waals surface area contributed by atoms with Gasteiger partial charge in [-0.3, -0.25) is 4.79 Å². The van der Waals surface area contributed by atoms with Crippen molar-refractivity contribution >= 4 is 21.8 Å². The van der Waals surface area contributed by atoms with Crippen LogP contribution in [0.15, 0.2) is 22.7 Å². The summed E-state index contributed by atoms with van der Waals surface area (Å²) in [6, 6.07) is 5.57. The van der Waals surface area contributed by atoms with E-state index in [1.165, 1.54) is 0 Å². The Morgan fingerprint density at radius 3 is 2.79 bits per heavy atom. The van der Waals surface area contributed by atoms with E-state index in [0.717, 1.165) is 17.4 Å². The minimum atomic E-state index is 0.0165. The van der Waals surface area contributed by atoms with Crippen LogP contribution < -0.4 is 10.5 Å². The molecule has 104 valence electrons. The summed E-state index contributed by atoms with van der Waals surface area (Å²) in [6.07, 6.45) is 0.951. The van der Waals surface area contributed by atoms with Crippen molar-refractivity contribution in [2.75, 3.05) is 13.1 Å². The summed E-state index contributed by atoms with van der Waals surface area (Å²) in [6.45, 7) is 5.28. The summed E-state index contributed by atoms with van der Waals surface area (Å²) in [7, 11) is 0. The SMILES string of the molecule is CC(C)Oc1cc(Br)cc(C(=O)N2CC[C@@H](N)C2)c1. The van der Waals surface area contributed by atoms with Gasteiger partial charge in [0.2, 0.25) is 0 Å². The third kappa shape index (κ3) is 3.70. The van der Waals surface area contributed by atoms with E-state index in [9.17, 15) is 4.79 Å². The van der Waals surface area contributed by atoms with Crippen molar-refractivity contribution in [2.45, 2.75) is 32.4 Å². The van der Waals surface area contributed by atoms with Gasteiger partial charge in [-0.2, -0.15) is 0 Å². The molecule has 5 heteroatoms. The number of carbonyl (C=O) groups excluding carboxylic acids is 1. The Morgan fingerprint density at radius 1 is 1.47 bits per heavy atom. The summed E-state index contributed by atoms with van der Waals surface area (Å²) in [5.41, 5.74) is 6.48. The Balaban J connectivity index is 2.19. The van der Waals surface area contributed by atoms with Gasteiger partial charge in [0.15, 0.2) is 0 Å². The maximum atomic E-state index is 12.4. The number of hydrogen-bond donors (Lipinski definition) is 1. The molecule has 0 aliphatic carbocycles. The molecule has 2 N–H and O–H groups in total. The van der Waals surface area contributed by atoms with Gasteiger partial charge in [-0.15, -0.1) is 0 Å². The first-order valence-corrected chi connectivity index (χ1v) is 7.27. The molecule has 0 saturated carbocycles. The smallest absolute Gasteiger partial charge is 0.254 e. The van der Waals surface area contributed by atoms with Crippen molar-refractivity contribution in [1.82, 2.24) is 4.90 Å². The second-order valence-corrected chi connectivity index (χ2v) is 6.06. The van der Waals surface area contributed by atoms with E-state index < -0.39 is 0 Å². The number of carbonyl (C=O) groups is 1. The molecule has 1 fully saturated rings. The molecule has 0 unspecified atom stereocenters. The molecule has 1 amide bonds. The van der Waals surface area contributed by atoms with Crippen LogP contribution in [0.3, 0.4) is 0 Å². The number of halogens is 1. The molecular weight excluding hydrogens is 308 g/mol. The quantitative estimate of drug-likeness (QED) is 0.928. The fourth-order valence-corrected chi connectivity index (χ4v) is 2.65. The van der Waals surface area contributed by atoms with E-state index in [1.54, 1.807) is 11.0 Å². The van der Waals surface area contributed by atoms with Crippen LogP contribution >= 0.6 is 15.9 Å². The standard InChI is InChI=1S/C14H19BrN2O2/c1-9(2)19-13-6-10(5-11(15)7-13)14(18)17-4-3-12(16)8-17/h5-7,9,12H,3-4,8,16H2,1-2H3/t12-/m1/s1. The Bertz CT molecular complexity index is 477. The molecule has 0 aromatic heterocycles. The highest BCUT2D eigenvalue weighted by atomic mass is 79.9. The monoisotopic (exact) mass is 326 g/mol. The summed E-state index contributed by atoms with van der Waals surface area (Å²) in [4.78, 5) is 14.2. The lowest BCUT2D eigenvalue weighted by Gasteiger charge is -2.17. The molecule has 0 radical (unpaired) electrons. The molecule has 1 atom stereocenters. The molecule has 1 saturated heterocycles. The first-order chi connectivity index (χ1) is 8.95. The van der Waals surface area contributed by atoms with Crippen LogP contribution in [-0.2, 0) is 0 Å².